The lowest BCUT2D eigenvalue weighted by Crippen LogP contribution is -2.26. The van der Waals surface area contributed by atoms with E-state index >= 15 is 0 Å². The highest BCUT2D eigenvalue weighted by molar-refractivity contribution is 7.98. The molecule has 5 nitrogen and oxygen atoms in total. The molecule has 1 rings (SSSR count). The van der Waals surface area contributed by atoms with Crippen LogP contribution in [-0.2, 0) is 10.0 Å². The van der Waals surface area contributed by atoms with Gasteiger partial charge in [-0.25, -0.2) is 13.1 Å². The Labute approximate surface area is 125 Å². The number of thioether (sulfide) groups is 1. The van der Waals surface area contributed by atoms with Crippen molar-refractivity contribution >= 4 is 27.5 Å². The highest BCUT2D eigenvalue weighted by atomic mass is 32.2. The van der Waals surface area contributed by atoms with Crippen molar-refractivity contribution in [3.05, 3.63) is 23.3 Å². The van der Waals surface area contributed by atoms with Crippen molar-refractivity contribution in [1.82, 2.24) is 4.72 Å². The molecule has 0 fully saturated rings. The summed E-state index contributed by atoms with van der Waals surface area (Å²) >= 11 is 1.77. The van der Waals surface area contributed by atoms with E-state index < -0.39 is 10.0 Å². The molecule has 0 unspecified atom stereocenters. The van der Waals surface area contributed by atoms with Gasteiger partial charge < -0.3 is 5.43 Å². The number of hydrogen-bond donors (Lipinski definition) is 3. The summed E-state index contributed by atoms with van der Waals surface area (Å²) in [4.78, 5) is 0.348. The van der Waals surface area contributed by atoms with Crippen LogP contribution in [0.1, 0.15) is 24.0 Å². The first-order chi connectivity index (χ1) is 9.42. The third-order valence-corrected chi connectivity index (χ3v) is 5.43. The summed E-state index contributed by atoms with van der Waals surface area (Å²) in [5, 5.41) is 0. The summed E-state index contributed by atoms with van der Waals surface area (Å²) in [7, 11) is -3.46. The average Bonchev–Trinajstić information content (AvgIpc) is 2.37. The predicted octanol–water partition coefficient (Wildman–Crippen LogP) is 2.01. The second-order valence-electron chi connectivity index (χ2n) is 4.68. The minimum atomic E-state index is -3.46. The number of sulfonamides is 1. The molecule has 0 saturated carbocycles. The summed E-state index contributed by atoms with van der Waals surface area (Å²) in [5.41, 5.74) is 4.62. The fourth-order valence-corrected chi connectivity index (χ4v) is 4.12. The fourth-order valence-electron chi connectivity index (χ4n) is 2.11. The number of benzene rings is 1. The molecule has 114 valence electrons. The maximum atomic E-state index is 12.3. The van der Waals surface area contributed by atoms with Crippen LogP contribution in [0.4, 0.5) is 5.69 Å². The van der Waals surface area contributed by atoms with Gasteiger partial charge in [-0.15, -0.1) is 0 Å². The van der Waals surface area contributed by atoms with Crippen LogP contribution >= 0.6 is 11.8 Å². The molecule has 4 N–H and O–H groups in total. The van der Waals surface area contributed by atoms with E-state index in [4.69, 9.17) is 5.84 Å². The number of aryl methyl sites for hydroxylation is 2. The lowest BCUT2D eigenvalue weighted by molar-refractivity contribution is 0.577. The Bertz CT molecular complexity index is 522. The first-order valence-electron chi connectivity index (χ1n) is 6.49. The molecule has 0 aliphatic heterocycles. The number of unbranched alkanes of at least 4 members (excludes halogenated alkanes) is 1. The highest BCUT2D eigenvalue weighted by Crippen LogP contribution is 2.23. The van der Waals surface area contributed by atoms with Gasteiger partial charge in [0.2, 0.25) is 10.0 Å². The molecular formula is C13H23N3O2S2. The standard InChI is InChI=1S/C13H23N3O2S2/c1-10-8-12(16-14)9-11(2)13(10)20(17,18)15-6-4-5-7-19-3/h8-9,15-16H,4-7,14H2,1-3H3. The maximum Gasteiger partial charge on any atom is 0.241 e. The van der Waals surface area contributed by atoms with Gasteiger partial charge in [-0.1, -0.05) is 0 Å². The summed E-state index contributed by atoms with van der Waals surface area (Å²) in [6.07, 6.45) is 3.90. The van der Waals surface area contributed by atoms with Gasteiger partial charge in [0.25, 0.3) is 0 Å². The Morgan fingerprint density at radius 2 is 1.80 bits per heavy atom. The van der Waals surface area contributed by atoms with Gasteiger partial charge in [0.1, 0.15) is 0 Å². The molecule has 0 saturated heterocycles. The highest BCUT2D eigenvalue weighted by Gasteiger charge is 2.19. The SMILES string of the molecule is CSCCCCNS(=O)(=O)c1c(C)cc(NN)cc1C. The largest absolute Gasteiger partial charge is 0.324 e. The minimum Gasteiger partial charge on any atom is -0.324 e. The second kappa shape index (κ2) is 7.87. The van der Waals surface area contributed by atoms with Gasteiger partial charge in [0, 0.05) is 12.2 Å². The molecule has 0 aliphatic rings. The quantitative estimate of drug-likeness (QED) is 0.388. The molecule has 1 aromatic carbocycles. The number of nitrogens with two attached hydrogens (primary N) is 1. The van der Waals surface area contributed by atoms with E-state index in [1.54, 1.807) is 37.7 Å². The van der Waals surface area contributed by atoms with E-state index in [0.29, 0.717) is 28.3 Å². The van der Waals surface area contributed by atoms with Crippen LogP contribution in [0.5, 0.6) is 0 Å². The van der Waals surface area contributed by atoms with Gasteiger partial charge in [-0.05, 0) is 62.0 Å². The predicted molar refractivity (Wildman–Crippen MR) is 86.5 cm³/mol. The summed E-state index contributed by atoms with van der Waals surface area (Å²) in [5.74, 6) is 6.41. The number of hydrogen-bond acceptors (Lipinski definition) is 5. The van der Waals surface area contributed by atoms with Gasteiger partial charge in [0.05, 0.1) is 4.90 Å². The third kappa shape index (κ3) is 4.66. The first-order valence-corrected chi connectivity index (χ1v) is 9.36. The lowest BCUT2D eigenvalue weighted by Gasteiger charge is -2.13. The number of rotatable bonds is 8. The van der Waals surface area contributed by atoms with Crippen LogP contribution in [0.15, 0.2) is 17.0 Å². The van der Waals surface area contributed by atoms with Crippen LogP contribution in [0.2, 0.25) is 0 Å². The monoisotopic (exact) mass is 317 g/mol. The van der Waals surface area contributed by atoms with Crippen molar-refractivity contribution in [2.45, 2.75) is 31.6 Å². The number of nitrogen functional groups attached to an aromatic ring is 1. The number of hydrazine groups is 1. The summed E-state index contributed by atoms with van der Waals surface area (Å²) < 4.78 is 27.3. The lowest BCUT2D eigenvalue weighted by atomic mass is 10.1. The number of anilines is 1. The Morgan fingerprint density at radius 3 is 2.30 bits per heavy atom. The van der Waals surface area contributed by atoms with Gasteiger partial charge >= 0.3 is 0 Å². The summed E-state index contributed by atoms with van der Waals surface area (Å²) in [6, 6.07) is 3.46. The van der Waals surface area contributed by atoms with Gasteiger partial charge in [0.15, 0.2) is 0 Å². The van der Waals surface area contributed by atoms with Crippen LogP contribution in [0, 0.1) is 13.8 Å². The average molecular weight is 317 g/mol. The molecule has 0 amide bonds. The van der Waals surface area contributed by atoms with E-state index in [2.05, 4.69) is 10.1 Å². The van der Waals surface area contributed by atoms with E-state index in [0.717, 1.165) is 18.6 Å². The molecule has 0 aliphatic carbocycles. The van der Waals surface area contributed by atoms with Crippen molar-refractivity contribution in [3.8, 4) is 0 Å². The minimum absolute atomic E-state index is 0.348. The zero-order valence-corrected chi connectivity index (χ0v) is 13.8. The van der Waals surface area contributed by atoms with Crippen molar-refractivity contribution in [1.29, 1.82) is 0 Å². The van der Waals surface area contributed by atoms with Gasteiger partial charge in [-0.2, -0.15) is 11.8 Å². The third-order valence-electron chi connectivity index (χ3n) is 2.96. The van der Waals surface area contributed by atoms with E-state index in [1.165, 1.54) is 0 Å². The second-order valence-corrected chi connectivity index (χ2v) is 7.37. The van der Waals surface area contributed by atoms with E-state index in [9.17, 15) is 8.42 Å². The normalized spacial score (nSPS) is 11.6. The van der Waals surface area contributed by atoms with Crippen molar-refractivity contribution < 1.29 is 8.42 Å². The zero-order valence-electron chi connectivity index (χ0n) is 12.2. The van der Waals surface area contributed by atoms with Crippen LogP contribution < -0.4 is 16.0 Å². The van der Waals surface area contributed by atoms with E-state index in [1.807, 2.05) is 6.26 Å². The Hall–Kier alpha value is -0.760. The smallest absolute Gasteiger partial charge is 0.241 e. The van der Waals surface area contributed by atoms with Crippen LogP contribution in [0.3, 0.4) is 0 Å². The Morgan fingerprint density at radius 1 is 1.20 bits per heavy atom. The van der Waals surface area contributed by atoms with Gasteiger partial charge in [-0.3, -0.25) is 5.84 Å². The Kier molecular flexibility index (Phi) is 6.81. The molecule has 1 aromatic rings. The molecule has 7 heteroatoms. The fraction of sp³-hybridized carbons (Fsp3) is 0.538. The molecular weight excluding hydrogens is 294 g/mol. The maximum absolute atomic E-state index is 12.3. The first kappa shape index (κ1) is 17.3. The molecule has 0 bridgehead atoms. The summed E-state index contributed by atoms with van der Waals surface area (Å²) in [6.45, 7) is 4.02. The van der Waals surface area contributed by atoms with Crippen LogP contribution in [-0.4, -0.2) is 27.0 Å². The number of nitrogens with one attached hydrogen (secondary N) is 2. The van der Waals surface area contributed by atoms with Crippen LogP contribution in [0.25, 0.3) is 0 Å². The molecule has 20 heavy (non-hydrogen) atoms. The van der Waals surface area contributed by atoms with E-state index in [-0.39, 0.29) is 0 Å². The molecule has 0 atom stereocenters. The molecule has 0 heterocycles. The molecule has 0 spiro atoms. The molecule has 0 aromatic heterocycles. The molecule has 0 radical (unpaired) electrons. The van der Waals surface area contributed by atoms with Crippen molar-refractivity contribution in [3.63, 3.8) is 0 Å². The zero-order chi connectivity index (χ0) is 15.2. The Balaban J connectivity index is 2.82. The van der Waals surface area contributed by atoms with Crippen molar-refractivity contribution in [2.24, 2.45) is 5.84 Å². The topological polar surface area (TPSA) is 84.2 Å². The van der Waals surface area contributed by atoms with Crippen molar-refractivity contribution in [2.75, 3.05) is 24.0 Å².